The van der Waals surface area contributed by atoms with Crippen LogP contribution < -0.4 is 27.3 Å². The number of hydrogen-bond donors (Lipinski definition) is 2. The maximum absolute atomic E-state index is 13.9. The van der Waals surface area contributed by atoms with Crippen LogP contribution in [0.3, 0.4) is 0 Å². The minimum absolute atomic E-state index is 0.0301. The normalized spacial score (nSPS) is 15.2. The number of para-hydroxylation sites is 2. The number of nitrogens with one attached hydrogen (secondary N) is 2. The molecular weight excluding hydrogens is 1090 g/mol. The van der Waals surface area contributed by atoms with E-state index in [1.165, 1.54) is 50.6 Å². The molecule has 1 aliphatic rings. The number of aryl methyl sites for hydroxylation is 2. The van der Waals surface area contributed by atoms with E-state index in [-0.39, 0.29) is 93.2 Å². The molecule has 6 aromatic carbocycles. The lowest BCUT2D eigenvalue weighted by Crippen LogP contribution is -2.55. The van der Waals surface area contributed by atoms with Gasteiger partial charge in [-0.05, 0) is 87.4 Å². The molecule has 2 unspecified atom stereocenters. The average Bonchev–Trinajstić information content (AvgIpc) is 3.46. The molecule has 22 nitrogen and oxygen atoms in total. The zero-order valence-electron chi connectivity index (χ0n) is 42.9. The number of nitrogens with zero attached hydrogens (tertiary/aromatic N) is 4. The second-order valence-electron chi connectivity index (χ2n) is 18.3. The number of non-ortho nitro benzene ring substituents is 2. The van der Waals surface area contributed by atoms with Gasteiger partial charge in [0.05, 0.1) is 33.9 Å². The van der Waals surface area contributed by atoms with Crippen LogP contribution in [0.4, 0.5) is 11.4 Å². The quantitative estimate of drug-likeness (QED) is 0.0307. The Hall–Kier alpha value is -7.04. The Morgan fingerprint density at radius 3 is 1.15 bits per heavy atom. The molecule has 6 aromatic rings. The molecule has 0 amide bonds. The van der Waals surface area contributed by atoms with Crippen LogP contribution in [0.15, 0.2) is 153 Å². The Morgan fingerprint density at radius 1 is 0.500 bits per heavy atom. The number of rotatable bonds is 26. The van der Waals surface area contributed by atoms with E-state index >= 15 is 0 Å². The van der Waals surface area contributed by atoms with Crippen LogP contribution in [0.5, 0.6) is 23.0 Å². The lowest BCUT2D eigenvalue weighted by atomic mass is 9.87. The van der Waals surface area contributed by atoms with Crippen molar-refractivity contribution in [1.82, 2.24) is 19.2 Å². The van der Waals surface area contributed by atoms with Crippen molar-refractivity contribution >= 4 is 51.7 Å². The van der Waals surface area contributed by atoms with E-state index < -0.39 is 62.2 Å². The summed E-state index contributed by atoms with van der Waals surface area (Å²) in [6.07, 6.45) is 2.27. The van der Waals surface area contributed by atoms with Gasteiger partial charge in [0.2, 0.25) is 20.0 Å². The van der Waals surface area contributed by atoms with Crippen molar-refractivity contribution in [3.63, 3.8) is 0 Å². The first-order valence-corrected chi connectivity index (χ1v) is 30.1. The molecule has 2 N–H and O–H groups in total. The van der Waals surface area contributed by atoms with E-state index in [1.54, 1.807) is 62.4 Å². The van der Waals surface area contributed by atoms with Crippen molar-refractivity contribution in [2.45, 2.75) is 84.3 Å². The molecule has 0 spiro atoms. The highest BCUT2D eigenvalue weighted by Gasteiger charge is 2.37. The smallest absolute Gasteiger partial charge is 0.339 e. The summed E-state index contributed by atoms with van der Waals surface area (Å²) < 4.78 is 139. The van der Waals surface area contributed by atoms with Gasteiger partial charge in [-0.25, -0.2) is 26.3 Å². The van der Waals surface area contributed by atoms with Crippen molar-refractivity contribution < 1.29 is 61.4 Å². The van der Waals surface area contributed by atoms with Gasteiger partial charge in [-0.15, -0.1) is 0 Å². The Balaban J connectivity index is 1.30. The Morgan fingerprint density at radius 2 is 0.833 bits per heavy atom. The third kappa shape index (κ3) is 14.5. The summed E-state index contributed by atoms with van der Waals surface area (Å²) in [5.74, 6) is -0.102. The molecule has 0 bridgehead atoms. The number of ether oxygens (including phenoxy) is 2. The van der Waals surface area contributed by atoms with Crippen molar-refractivity contribution in [3.8, 4) is 23.0 Å². The Kier molecular flexibility index (Phi) is 18.9. The number of hydrogen-bond acceptors (Lipinski definition) is 18. The molecule has 416 valence electrons. The standard InChI is InChI=1S/C52H58N6O16S4/c1-37-15-23-45(24-16-37)77(67,68)73-51-39(9-7-13-49(51)71-3)35-55(33-31-53-75(63,64)43-27-19-41(20-28-43)57(59)60)47-11-5-6-12-48(47)56(34-32-54-76(65,66)44-29-21-42(22-30-44)58(61)62)36-40-10-8-14-50(72-4)52(40)74-78(69,70)46-25-17-38(2)18-26-46/h7-10,13-30,47-48,53-54H,5-6,11-12,31-36H2,1-4H3. The van der Waals surface area contributed by atoms with Gasteiger partial charge in [0.15, 0.2) is 23.0 Å². The second-order valence-corrected chi connectivity index (χ2v) is 24.9. The van der Waals surface area contributed by atoms with E-state index in [0.717, 1.165) is 59.7 Å². The number of sulfonamides is 2. The number of nitro benzene ring substituents is 2. The van der Waals surface area contributed by atoms with Crippen LogP contribution in [0.1, 0.15) is 47.9 Å². The van der Waals surface area contributed by atoms with Gasteiger partial charge in [0, 0.05) is 86.7 Å². The van der Waals surface area contributed by atoms with Gasteiger partial charge in [0.1, 0.15) is 9.79 Å². The van der Waals surface area contributed by atoms with Crippen LogP contribution in [0, 0.1) is 34.1 Å². The van der Waals surface area contributed by atoms with Gasteiger partial charge >= 0.3 is 20.2 Å². The fourth-order valence-corrected chi connectivity index (χ4v) is 13.0. The highest BCUT2D eigenvalue weighted by atomic mass is 32.2. The van der Waals surface area contributed by atoms with Crippen molar-refractivity contribution in [2.75, 3.05) is 40.4 Å². The molecule has 0 aliphatic heterocycles. The predicted molar refractivity (Wildman–Crippen MR) is 287 cm³/mol. The molecule has 1 fully saturated rings. The highest BCUT2D eigenvalue weighted by molar-refractivity contribution is 7.90. The zero-order chi connectivity index (χ0) is 56.4. The molecule has 0 heterocycles. The summed E-state index contributed by atoms with van der Waals surface area (Å²) in [7, 11) is -14.7. The van der Waals surface area contributed by atoms with E-state index in [2.05, 4.69) is 9.44 Å². The van der Waals surface area contributed by atoms with E-state index in [9.17, 15) is 53.9 Å². The fraction of sp³-hybridized carbons (Fsp3) is 0.308. The third-order valence-electron chi connectivity index (χ3n) is 13.0. The zero-order valence-corrected chi connectivity index (χ0v) is 46.1. The minimum atomic E-state index is -4.46. The highest BCUT2D eigenvalue weighted by Crippen LogP contribution is 2.39. The van der Waals surface area contributed by atoms with Crippen LogP contribution in [0.25, 0.3) is 0 Å². The maximum atomic E-state index is 13.9. The monoisotopic (exact) mass is 1150 g/mol. The maximum Gasteiger partial charge on any atom is 0.339 e. The molecule has 0 saturated heterocycles. The topological polar surface area (TPSA) is 290 Å². The molecule has 7 rings (SSSR count). The summed E-state index contributed by atoms with van der Waals surface area (Å²) in [5.41, 5.74) is 1.67. The Labute approximate surface area is 453 Å². The summed E-state index contributed by atoms with van der Waals surface area (Å²) in [4.78, 5) is 24.6. The molecular formula is C52H58N6O16S4. The number of nitro groups is 2. The first kappa shape index (κ1) is 58.6. The molecule has 26 heteroatoms. The minimum Gasteiger partial charge on any atom is -0.493 e. The third-order valence-corrected chi connectivity index (χ3v) is 18.5. The molecule has 1 saturated carbocycles. The van der Waals surface area contributed by atoms with Crippen molar-refractivity contribution in [2.24, 2.45) is 0 Å². The summed E-state index contributed by atoms with van der Waals surface area (Å²) >= 11 is 0. The Bertz CT molecular complexity index is 3320. The average molecular weight is 1150 g/mol. The van der Waals surface area contributed by atoms with Gasteiger partial charge in [-0.3, -0.25) is 30.0 Å². The van der Waals surface area contributed by atoms with Crippen molar-refractivity contribution in [1.29, 1.82) is 0 Å². The lowest BCUT2D eigenvalue weighted by molar-refractivity contribution is -0.385. The fourth-order valence-electron chi connectivity index (χ4n) is 9.02. The van der Waals surface area contributed by atoms with E-state index in [1.807, 2.05) is 9.80 Å². The largest absolute Gasteiger partial charge is 0.493 e. The molecule has 2 atom stereocenters. The lowest BCUT2D eigenvalue weighted by Gasteiger charge is -2.45. The molecule has 1 aliphatic carbocycles. The van der Waals surface area contributed by atoms with E-state index in [4.69, 9.17) is 17.8 Å². The second kappa shape index (κ2) is 25.2. The molecule has 78 heavy (non-hydrogen) atoms. The van der Waals surface area contributed by atoms with E-state index in [0.29, 0.717) is 36.8 Å². The molecule has 0 radical (unpaired) electrons. The van der Waals surface area contributed by atoms with Gasteiger partial charge in [-0.2, -0.15) is 16.8 Å². The van der Waals surface area contributed by atoms with Crippen LogP contribution >= 0.6 is 0 Å². The van der Waals surface area contributed by atoms with Gasteiger partial charge in [-0.1, -0.05) is 72.5 Å². The van der Waals surface area contributed by atoms with Crippen LogP contribution in [-0.2, 0) is 53.4 Å². The predicted octanol–water partition coefficient (Wildman–Crippen LogP) is 7.24. The van der Waals surface area contributed by atoms with Crippen molar-refractivity contribution in [3.05, 3.63) is 176 Å². The van der Waals surface area contributed by atoms with Gasteiger partial charge < -0.3 is 17.8 Å². The SMILES string of the molecule is COc1cccc(CN(CCNS(=O)(=O)c2ccc([N+](=O)[O-])cc2)C2CCCCC2N(CCNS(=O)(=O)c2ccc([N+](=O)[O-])cc2)Cc2cccc(OC)c2OS(=O)(=O)c2ccc(C)cc2)c1OS(=O)(=O)c1ccc(C)cc1. The summed E-state index contributed by atoms with van der Waals surface area (Å²) in [6, 6.07) is 29.4. The summed E-state index contributed by atoms with van der Waals surface area (Å²) in [5, 5.41) is 22.7. The molecule has 0 aromatic heterocycles. The first-order valence-electron chi connectivity index (χ1n) is 24.3. The number of benzene rings is 6. The van der Waals surface area contributed by atoms with Crippen LogP contribution in [-0.4, -0.2) is 106 Å². The number of methoxy groups -OCH3 is 2. The first-order chi connectivity index (χ1) is 37.0. The van der Waals surface area contributed by atoms with Crippen LogP contribution in [0.2, 0.25) is 0 Å². The summed E-state index contributed by atoms with van der Waals surface area (Å²) in [6.45, 7) is 2.94. The van der Waals surface area contributed by atoms with Gasteiger partial charge in [0.25, 0.3) is 11.4 Å².